The first-order valence-electron chi connectivity index (χ1n) is 7.24. The fraction of sp³-hybridized carbons (Fsp3) is 0.625. The molecule has 1 fully saturated rings. The second-order valence-corrected chi connectivity index (χ2v) is 5.82. The lowest BCUT2D eigenvalue weighted by molar-refractivity contribution is -0.137. The molecule has 2 rings (SSSR count). The molecule has 0 heterocycles. The van der Waals surface area contributed by atoms with Gasteiger partial charge in [-0.25, -0.2) is 0 Å². The first kappa shape index (κ1) is 15.4. The van der Waals surface area contributed by atoms with E-state index < -0.39 is 17.8 Å². The third-order valence-electron chi connectivity index (χ3n) is 4.40. The predicted octanol–water partition coefficient (Wildman–Crippen LogP) is 4.44. The third kappa shape index (κ3) is 3.75. The van der Waals surface area contributed by atoms with Crippen LogP contribution in [-0.4, -0.2) is 11.2 Å². The van der Waals surface area contributed by atoms with E-state index in [1.54, 1.807) is 6.07 Å². The number of aliphatic hydroxyl groups excluding tert-OH is 1. The topological polar surface area (TPSA) is 20.2 Å². The number of rotatable bonds is 4. The smallest absolute Gasteiger partial charge is 0.392 e. The minimum absolute atomic E-state index is 0.231. The van der Waals surface area contributed by atoms with Gasteiger partial charge in [0, 0.05) is 0 Å². The molecule has 0 aliphatic heterocycles. The highest BCUT2D eigenvalue weighted by Crippen LogP contribution is 2.36. The molecule has 0 amide bonds. The lowest BCUT2D eigenvalue weighted by Crippen LogP contribution is -2.21. The number of hydrogen-bond acceptors (Lipinski definition) is 1. The van der Waals surface area contributed by atoms with Crippen LogP contribution < -0.4 is 0 Å². The summed E-state index contributed by atoms with van der Waals surface area (Å²) in [5.74, 6) is 0.894. The van der Waals surface area contributed by atoms with Crippen molar-refractivity contribution in [1.82, 2.24) is 0 Å². The van der Waals surface area contributed by atoms with E-state index in [1.807, 2.05) is 0 Å². The summed E-state index contributed by atoms with van der Waals surface area (Å²) >= 11 is 0. The minimum atomic E-state index is -4.32. The summed E-state index contributed by atoms with van der Waals surface area (Å²) in [6.45, 7) is 2.15. The van der Waals surface area contributed by atoms with Gasteiger partial charge in [-0.3, -0.25) is 0 Å². The van der Waals surface area contributed by atoms with Crippen molar-refractivity contribution in [2.75, 3.05) is 0 Å². The Bertz CT molecular complexity index is 442. The molecule has 0 bridgehead atoms. The van der Waals surface area contributed by atoms with Crippen molar-refractivity contribution in [3.8, 4) is 0 Å². The van der Waals surface area contributed by atoms with Crippen molar-refractivity contribution in [2.45, 2.75) is 51.3 Å². The van der Waals surface area contributed by atoms with Gasteiger partial charge in [-0.1, -0.05) is 38.0 Å². The monoisotopic (exact) mass is 286 g/mol. The molecule has 4 heteroatoms. The van der Waals surface area contributed by atoms with Crippen LogP contribution in [0.25, 0.3) is 0 Å². The first-order chi connectivity index (χ1) is 9.40. The molecule has 1 aromatic rings. The van der Waals surface area contributed by atoms with Gasteiger partial charge in [0.25, 0.3) is 0 Å². The number of hydrogen-bond donors (Lipinski definition) is 1. The maximum Gasteiger partial charge on any atom is 0.416 e. The van der Waals surface area contributed by atoms with Gasteiger partial charge in [0.15, 0.2) is 0 Å². The Hall–Kier alpha value is -1.03. The van der Waals surface area contributed by atoms with Gasteiger partial charge in [0.2, 0.25) is 0 Å². The standard InChI is InChI=1S/C16H21F3O/c1-2-11-6-7-13(8-11)15(20)10-12-4-3-5-14(9-12)16(17,18)19/h3-5,9,11,13,15,20H,2,6-8,10H2,1H3. The molecule has 1 saturated carbocycles. The fourth-order valence-corrected chi connectivity index (χ4v) is 3.12. The molecule has 1 aromatic carbocycles. The van der Waals surface area contributed by atoms with E-state index in [0.29, 0.717) is 17.9 Å². The molecule has 0 radical (unpaired) electrons. The molecule has 3 unspecified atom stereocenters. The Labute approximate surface area is 117 Å². The Balaban J connectivity index is 1.99. The van der Waals surface area contributed by atoms with Gasteiger partial charge < -0.3 is 5.11 Å². The summed E-state index contributed by atoms with van der Waals surface area (Å²) in [5, 5.41) is 10.2. The Morgan fingerprint density at radius 3 is 2.65 bits per heavy atom. The van der Waals surface area contributed by atoms with Crippen LogP contribution in [-0.2, 0) is 12.6 Å². The van der Waals surface area contributed by atoms with Gasteiger partial charge in [-0.2, -0.15) is 13.2 Å². The maximum atomic E-state index is 12.6. The summed E-state index contributed by atoms with van der Waals surface area (Å²) in [5.41, 5.74) is -0.0765. The maximum absolute atomic E-state index is 12.6. The highest BCUT2D eigenvalue weighted by atomic mass is 19.4. The van der Waals surface area contributed by atoms with E-state index in [-0.39, 0.29) is 5.92 Å². The van der Waals surface area contributed by atoms with Crippen molar-refractivity contribution < 1.29 is 18.3 Å². The van der Waals surface area contributed by atoms with Gasteiger partial charge >= 0.3 is 6.18 Å². The number of benzene rings is 1. The molecule has 1 aliphatic carbocycles. The van der Waals surface area contributed by atoms with Gasteiger partial charge in [-0.05, 0) is 42.7 Å². The second kappa shape index (κ2) is 6.17. The molecule has 0 aromatic heterocycles. The molecule has 3 atom stereocenters. The zero-order valence-electron chi connectivity index (χ0n) is 11.7. The highest BCUT2D eigenvalue weighted by molar-refractivity contribution is 5.26. The molecule has 112 valence electrons. The number of aliphatic hydroxyl groups is 1. The molecule has 0 spiro atoms. The summed E-state index contributed by atoms with van der Waals surface area (Å²) < 4.78 is 37.9. The Kier molecular flexibility index (Phi) is 4.74. The zero-order chi connectivity index (χ0) is 14.8. The van der Waals surface area contributed by atoms with E-state index in [0.717, 1.165) is 37.8 Å². The van der Waals surface area contributed by atoms with Crippen LogP contribution in [0.5, 0.6) is 0 Å². The predicted molar refractivity (Wildman–Crippen MR) is 72.3 cm³/mol. The van der Waals surface area contributed by atoms with E-state index in [1.165, 1.54) is 6.07 Å². The van der Waals surface area contributed by atoms with Crippen LogP contribution in [0.3, 0.4) is 0 Å². The number of halogens is 3. The molecule has 0 saturated heterocycles. The van der Waals surface area contributed by atoms with Crippen molar-refractivity contribution in [2.24, 2.45) is 11.8 Å². The normalized spacial score (nSPS) is 24.9. The largest absolute Gasteiger partial charge is 0.416 e. The van der Waals surface area contributed by atoms with Crippen molar-refractivity contribution in [1.29, 1.82) is 0 Å². The van der Waals surface area contributed by atoms with E-state index >= 15 is 0 Å². The van der Waals surface area contributed by atoms with Gasteiger partial charge in [0.1, 0.15) is 0 Å². The summed E-state index contributed by atoms with van der Waals surface area (Å²) in [6, 6.07) is 5.28. The van der Waals surface area contributed by atoms with Gasteiger partial charge in [-0.15, -0.1) is 0 Å². The van der Waals surface area contributed by atoms with E-state index in [2.05, 4.69) is 6.92 Å². The van der Waals surface area contributed by atoms with E-state index in [4.69, 9.17) is 0 Å². The average molecular weight is 286 g/mol. The van der Waals surface area contributed by atoms with Crippen molar-refractivity contribution >= 4 is 0 Å². The van der Waals surface area contributed by atoms with Crippen LogP contribution >= 0.6 is 0 Å². The Morgan fingerprint density at radius 1 is 1.30 bits per heavy atom. The summed E-state index contributed by atoms with van der Waals surface area (Å²) in [6.07, 6.45) is -0.315. The molecule has 1 aliphatic rings. The minimum Gasteiger partial charge on any atom is -0.392 e. The van der Waals surface area contributed by atoms with E-state index in [9.17, 15) is 18.3 Å². The molecular formula is C16H21F3O. The second-order valence-electron chi connectivity index (χ2n) is 5.82. The van der Waals surface area contributed by atoms with Crippen molar-refractivity contribution in [3.63, 3.8) is 0 Å². The van der Waals surface area contributed by atoms with Crippen LogP contribution in [0.4, 0.5) is 13.2 Å². The SMILES string of the molecule is CCC1CCC(C(O)Cc2cccc(C(F)(F)F)c2)C1. The quantitative estimate of drug-likeness (QED) is 0.868. The van der Waals surface area contributed by atoms with Crippen LogP contribution in [0.15, 0.2) is 24.3 Å². The van der Waals surface area contributed by atoms with Crippen LogP contribution in [0, 0.1) is 11.8 Å². The molecule has 1 nitrogen and oxygen atoms in total. The fourth-order valence-electron chi connectivity index (χ4n) is 3.12. The van der Waals surface area contributed by atoms with Crippen LogP contribution in [0.2, 0.25) is 0 Å². The zero-order valence-corrected chi connectivity index (χ0v) is 11.7. The highest BCUT2D eigenvalue weighted by Gasteiger charge is 2.32. The van der Waals surface area contributed by atoms with Gasteiger partial charge in [0.05, 0.1) is 11.7 Å². The lowest BCUT2D eigenvalue weighted by Gasteiger charge is -2.19. The van der Waals surface area contributed by atoms with Crippen LogP contribution in [0.1, 0.15) is 43.7 Å². The number of alkyl halides is 3. The summed E-state index contributed by atoms with van der Waals surface area (Å²) in [7, 11) is 0. The Morgan fingerprint density at radius 2 is 2.05 bits per heavy atom. The molecular weight excluding hydrogens is 265 g/mol. The summed E-state index contributed by atoms with van der Waals surface area (Å²) in [4.78, 5) is 0. The first-order valence-corrected chi connectivity index (χ1v) is 7.24. The van der Waals surface area contributed by atoms with Crippen molar-refractivity contribution in [3.05, 3.63) is 35.4 Å². The average Bonchev–Trinajstić information content (AvgIpc) is 2.87. The third-order valence-corrected chi connectivity index (χ3v) is 4.40. The molecule has 20 heavy (non-hydrogen) atoms. The molecule has 1 N–H and O–H groups in total. The lowest BCUT2D eigenvalue weighted by atomic mass is 9.93.